The molecule has 4 rings (SSSR count). The third-order valence-corrected chi connectivity index (χ3v) is 6.04. The number of anilines is 1. The first-order valence-corrected chi connectivity index (χ1v) is 11.2. The summed E-state index contributed by atoms with van der Waals surface area (Å²) in [5.41, 5.74) is 1.93. The van der Waals surface area contributed by atoms with Gasteiger partial charge in [-0.2, -0.15) is 0 Å². The van der Waals surface area contributed by atoms with E-state index < -0.39 is 0 Å². The van der Waals surface area contributed by atoms with Gasteiger partial charge in [-0.15, -0.1) is 0 Å². The van der Waals surface area contributed by atoms with Gasteiger partial charge in [0.2, 0.25) is 11.8 Å². The van der Waals surface area contributed by atoms with Crippen LogP contribution in [0.3, 0.4) is 0 Å². The van der Waals surface area contributed by atoms with Crippen LogP contribution in [0.15, 0.2) is 48.5 Å². The lowest BCUT2D eigenvalue weighted by Gasteiger charge is -2.32. The van der Waals surface area contributed by atoms with Gasteiger partial charge in [0.1, 0.15) is 13.2 Å². The summed E-state index contributed by atoms with van der Waals surface area (Å²) in [6, 6.07) is 15.6. The van der Waals surface area contributed by atoms with Gasteiger partial charge >= 0.3 is 0 Å². The molecule has 2 amide bonds. The summed E-state index contributed by atoms with van der Waals surface area (Å²) in [4.78, 5) is 26.8. The summed E-state index contributed by atoms with van der Waals surface area (Å²) in [5.74, 6) is 2.13. The lowest BCUT2D eigenvalue weighted by atomic mass is 9.91. The summed E-state index contributed by atoms with van der Waals surface area (Å²) < 4.78 is 11.1. The predicted molar refractivity (Wildman–Crippen MR) is 119 cm³/mol. The second kappa shape index (κ2) is 10.3. The summed E-state index contributed by atoms with van der Waals surface area (Å²) in [5, 5.41) is 2.95. The van der Waals surface area contributed by atoms with Crippen molar-refractivity contribution in [2.75, 3.05) is 31.6 Å². The summed E-state index contributed by atoms with van der Waals surface area (Å²) >= 11 is 0. The monoisotopic (exact) mass is 422 g/mol. The fourth-order valence-electron chi connectivity index (χ4n) is 4.20. The number of benzene rings is 2. The lowest BCUT2D eigenvalue weighted by molar-refractivity contribution is -0.132. The highest BCUT2D eigenvalue weighted by Crippen LogP contribution is 2.32. The molecule has 2 aromatic rings. The van der Waals surface area contributed by atoms with Crippen LogP contribution in [0.5, 0.6) is 11.5 Å². The van der Waals surface area contributed by atoms with Crippen molar-refractivity contribution >= 4 is 17.5 Å². The van der Waals surface area contributed by atoms with Gasteiger partial charge in [0.15, 0.2) is 11.5 Å². The highest BCUT2D eigenvalue weighted by molar-refractivity contribution is 5.91. The Balaban J connectivity index is 1.15. The first kappa shape index (κ1) is 21.2. The van der Waals surface area contributed by atoms with Gasteiger partial charge in [-0.3, -0.25) is 9.59 Å². The molecule has 2 aliphatic rings. The van der Waals surface area contributed by atoms with E-state index in [9.17, 15) is 9.59 Å². The molecule has 0 atom stereocenters. The van der Waals surface area contributed by atoms with E-state index in [2.05, 4.69) is 17.4 Å². The molecule has 0 bridgehead atoms. The van der Waals surface area contributed by atoms with Gasteiger partial charge < -0.3 is 19.7 Å². The molecule has 164 valence electrons. The molecule has 31 heavy (non-hydrogen) atoms. The Morgan fingerprint density at radius 1 is 0.935 bits per heavy atom. The normalized spacial score (nSPS) is 16.1. The molecule has 0 spiro atoms. The molecule has 2 aromatic carbocycles. The number of amides is 2. The third kappa shape index (κ3) is 6.00. The van der Waals surface area contributed by atoms with Crippen molar-refractivity contribution in [2.45, 2.75) is 38.5 Å². The fourth-order valence-corrected chi connectivity index (χ4v) is 4.20. The van der Waals surface area contributed by atoms with Crippen molar-refractivity contribution in [3.63, 3.8) is 0 Å². The van der Waals surface area contributed by atoms with Crippen molar-refractivity contribution in [3.8, 4) is 11.5 Å². The maximum Gasteiger partial charge on any atom is 0.224 e. The number of ether oxygens (including phenoxy) is 2. The molecule has 0 aliphatic carbocycles. The molecular weight excluding hydrogens is 392 g/mol. The fraction of sp³-hybridized carbons (Fsp3) is 0.440. The quantitative estimate of drug-likeness (QED) is 0.731. The zero-order valence-corrected chi connectivity index (χ0v) is 17.8. The molecule has 0 aromatic heterocycles. The van der Waals surface area contributed by atoms with E-state index in [1.54, 1.807) is 0 Å². The van der Waals surface area contributed by atoms with E-state index in [0.717, 1.165) is 44.5 Å². The number of carbonyl (C=O) groups excluding carboxylic acids is 2. The van der Waals surface area contributed by atoms with Crippen LogP contribution in [0.25, 0.3) is 0 Å². The number of nitrogens with zero attached hydrogens (tertiary/aromatic N) is 1. The first-order valence-electron chi connectivity index (χ1n) is 11.2. The Morgan fingerprint density at radius 2 is 1.68 bits per heavy atom. The number of hydrogen-bond donors (Lipinski definition) is 1. The van der Waals surface area contributed by atoms with Crippen molar-refractivity contribution in [3.05, 3.63) is 54.1 Å². The minimum absolute atomic E-state index is 0.0121. The molecule has 2 aliphatic heterocycles. The van der Waals surface area contributed by atoms with Crippen molar-refractivity contribution in [1.82, 2.24) is 4.90 Å². The largest absolute Gasteiger partial charge is 0.486 e. The van der Waals surface area contributed by atoms with Gasteiger partial charge in [-0.05, 0) is 49.3 Å². The topological polar surface area (TPSA) is 67.9 Å². The number of aryl methyl sites for hydroxylation is 1. The van der Waals surface area contributed by atoms with Crippen LogP contribution in [0, 0.1) is 5.92 Å². The molecule has 1 saturated heterocycles. The first-order chi connectivity index (χ1) is 15.2. The number of fused-ring (bicyclic) bond motifs is 1. The Labute approximate surface area is 183 Å². The number of likely N-dealkylation sites (tertiary alicyclic amines) is 1. The van der Waals surface area contributed by atoms with Crippen LogP contribution in [0.1, 0.15) is 37.7 Å². The van der Waals surface area contributed by atoms with E-state index in [1.807, 2.05) is 41.3 Å². The molecular formula is C25H30N2O4. The van der Waals surface area contributed by atoms with E-state index in [-0.39, 0.29) is 11.8 Å². The average Bonchev–Trinajstić information content (AvgIpc) is 2.82. The zero-order valence-electron chi connectivity index (χ0n) is 17.8. The molecule has 2 heterocycles. The van der Waals surface area contributed by atoms with E-state index in [4.69, 9.17) is 9.47 Å². The van der Waals surface area contributed by atoms with Gasteiger partial charge in [0.05, 0.1) is 0 Å². The summed E-state index contributed by atoms with van der Waals surface area (Å²) in [7, 11) is 0. The van der Waals surface area contributed by atoms with Gasteiger partial charge in [0, 0.05) is 37.7 Å². The van der Waals surface area contributed by atoms with E-state index >= 15 is 0 Å². The SMILES string of the molecule is O=C(CCC1CCN(C(=O)CCc2ccccc2)CC1)Nc1ccc2c(c1)OCCO2. The van der Waals surface area contributed by atoms with Crippen molar-refractivity contribution < 1.29 is 19.1 Å². The summed E-state index contributed by atoms with van der Waals surface area (Å²) in [6.07, 6.45) is 4.62. The maximum absolute atomic E-state index is 12.5. The van der Waals surface area contributed by atoms with Crippen LogP contribution < -0.4 is 14.8 Å². The van der Waals surface area contributed by atoms with Crippen LogP contribution >= 0.6 is 0 Å². The van der Waals surface area contributed by atoms with Gasteiger partial charge in [-0.1, -0.05) is 30.3 Å². The molecule has 0 unspecified atom stereocenters. The van der Waals surface area contributed by atoms with Crippen LogP contribution in [-0.4, -0.2) is 43.0 Å². The Bertz CT molecular complexity index is 892. The van der Waals surface area contributed by atoms with Crippen molar-refractivity contribution in [2.24, 2.45) is 5.92 Å². The Hall–Kier alpha value is -3.02. The lowest BCUT2D eigenvalue weighted by Crippen LogP contribution is -2.38. The second-order valence-corrected chi connectivity index (χ2v) is 8.26. The standard InChI is InChI=1S/C25H30N2O4/c28-24(26-21-8-9-22-23(18-21)31-17-16-30-22)10-6-20-12-14-27(15-13-20)25(29)11-7-19-4-2-1-3-5-19/h1-5,8-9,18,20H,6-7,10-17H2,(H,26,28). The third-order valence-electron chi connectivity index (χ3n) is 6.04. The van der Waals surface area contributed by atoms with E-state index in [0.29, 0.717) is 43.5 Å². The number of piperidine rings is 1. The summed E-state index contributed by atoms with van der Waals surface area (Å²) in [6.45, 7) is 2.66. The minimum atomic E-state index is 0.0121. The number of carbonyl (C=O) groups is 2. The molecule has 0 radical (unpaired) electrons. The van der Waals surface area contributed by atoms with Gasteiger partial charge in [-0.25, -0.2) is 0 Å². The number of rotatable bonds is 7. The highest BCUT2D eigenvalue weighted by Gasteiger charge is 2.23. The average molecular weight is 423 g/mol. The zero-order chi connectivity index (χ0) is 21.5. The number of hydrogen-bond acceptors (Lipinski definition) is 4. The second-order valence-electron chi connectivity index (χ2n) is 8.26. The van der Waals surface area contributed by atoms with Crippen LogP contribution in [-0.2, 0) is 16.0 Å². The smallest absolute Gasteiger partial charge is 0.224 e. The highest BCUT2D eigenvalue weighted by atomic mass is 16.6. The molecule has 0 saturated carbocycles. The maximum atomic E-state index is 12.5. The van der Waals surface area contributed by atoms with Crippen molar-refractivity contribution in [1.29, 1.82) is 0 Å². The van der Waals surface area contributed by atoms with Crippen LogP contribution in [0.2, 0.25) is 0 Å². The van der Waals surface area contributed by atoms with E-state index in [1.165, 1.54) is 5.56 Å². The number of nitrogens with one attached hydrogen (secondary N) is 1. The Kier molecular flexibility index (Phi) is 7.07. The Morgan fingerprint density at radius 3 is 2.45 bits per heavy atom. The minimum Gasteiger partial charge on any atom is -0.486 e. The van der Waals surface area contributed by atoms with Crippen LogP contribution in [0.4, 0.5) is 5.69 Å². The van der Waals surface area contributed by atoms with Gasteiger partial charge in [0.25, 0.3) is 0 Å². The molecule has 6 heteroatoms. The molecule has 1 fully saturated rings. The molecule has 6 nitrogen and oxygen atoms in total. The predicted octanol–water partition coefficient (Wildman–Crippen LogP) is 4.05. The molecule has 1 N–H and O–H groups in total.